The number of nitrogens with zero attached hydrogens (tertiary/aromatic N) is 1. The van der Waals surface area contributed by atoms with E-state index in [2.05, 4.69) is 4.74 Å². The highest BCUT2D eigenvalue weighted by molar-refractivity contribution is 5.69. The van der Waals surface area contributed by atoms with E-state index in [-0.39, 0.29) is 6.42 Å². The summed E-state index contributed by atoms with van der Waals surface area (Å²) in [4.78, 5) is 13.1. The van der Waals surface area contributed by atoms with Crippen LogP contribution in [0.2, 0.25) is 0 Å². The Morgan fingerprint density at radius 1 is 1.41 bits per heavy atom. The van der Waals surface area contributed by atoms with Crippen LogP contribution in [0.5, 0.6) is 0 Å². The van der Waals surface area contributed by atoms with E-state index in [1.54, 1.807) is 0 Å². The normalized spacial score (nSPS) is 20.0. The molecular formula is C10H16F3NO3. The van der Waals surface area contributed by atoms with Gasteiger partial charge < -0.3 is 9.47 Å². The first-order valence-corrected chi connectivity index (χ1v) is 5.46. The third-order valence-electron chi connectivity index (χ3n) is 2.51. The Labute approximate surface area is 97.7 Å². The summed E-state index contributed by atoms with van der Waals surface area (Å²) in [5, 5.41) is 0. The summed E-state index contributed by atoms with van der Waals surface area (Å²) in [6.45, 7) is 3.81. The van der Waals surface area contributed by atoms with Crippen molar-refractivity contribution >= 4 is 5.97 Å². The van der Waals surface area contributed by atoms with Crippen LogP contribution >= 0.6 is 0 Å². The van der Waals surface area contributed by atoms with Crippen molar-refractivity contribution in [2.75, 3.05) is 32.8 Å². The number of alkyl halides is 3. The van der Waals surface area contributed by atoms with Crippen LogP contribution in [0.4, 0.5) is 13.2 Å². The fraction of sp³-hybridized carbons (Fsp3) is 0.900. The van der Waals surface area contributed by atoms with E-state index in [4.69, 9.17) is 4.74 Å². The molecule has 0 aromatic heterocycles. The molecule has 1 aliphatic rings. The molecular weight excluding hydrogens is 239 g/mol. The molecule has 1 aliphatic heterocycles. The topological polar surface area (TPSA) is 38.8 Å². The lowest BCUT2D eigenvalue weighted by molar-refractivity contribution is -0.216. The van der Waals surface area contributed by atoms with Gasteiger partial charge in [0, 0.05) is 19.6 Å². The van der Waals surface area contributed by atoms with Crippen molar-refractivity contribution in [3.05, 3.63) is 0 Å². The van der Waals surface area contributed by atoms with E-state index >= 15 is 0 Å². The summed E-state index contributed by atoms with van der Waals surface area (Å²) in [5.74, 6) is -0.818. The Morgan fingerprint density at radius 2 is 2.00 bits per heavy atom. The van der Waals surface area contributed by atoms with E-state index in [9.17, 15) is 18.0 Å². The average Bonchev–Trinajstić information content (AvgIpc) is 2.26. The predicted octanol–water partition coefficient (Wildman–Crippen LogP) is 1.20. The number of hydrogen-bond donors (Lipinski definition) is 0. The first kappa shape index (κ1) is 14.2. The highest BCUT2D eigenvalue weighted by Gasteiger charge is 2.39. The smallest absolute Gasteiger partial charge is 0.425 e. The van der Waals surface area contributed by atoms with Crippen molar-refractivity contribution in [1.82, 2.24) is 4.90 Å². The molecule has 1 atom stereocenters. The SMILES string of the molecule is CC(OC(=O)CCN1CCOCC1)C(F)(F)F. The van der Waals surface area contributed by atoms with Crippen LogP contribution in [-0.4, -0.2) is 56.0 Å². The maximum Gasteiger partial charge on any atom is 0.425 e. The fourth-order valence-corrected chi connectivity index (χ4v) is 1.40. The lowest BCUT2D eigenvalue weighted by Gasteiger charge is -2.26. The van der Waals surface area contributed by atoms with Crippen LogP contribution in [0.3, 0.4) is 0 Å². The molecule has 100 valence electrons. The zero-order chi connectivity index (χ0) is 12.9. The molecule has 0 aromatic carbocycles. The van der Waals surface area contributed by atoms with Crippen molar-refractivity contribution in [3.63, 3.8) is 0 Å². The monoisotopic (exact) mass is 255 g/mol. The first-order chi connectivity index (χ1) is 7.89. The molecule has 1 rings (SSSR count). The van der Waals surface area contributed by atoms with E-state index in [1.165, 1.54) is 0 Å². The minimum Gasteiger partial charge on any atom is -0.453 e. The Balaban J connectivity index is 2.20. The minimum atomic E-state index is -4.49. The zero-order valence-electron chi connectivity index (χ0n) is 9.63. The van der Waals surface area contributed by atoms with Gasteiger partial charge in [0.15, 0.2) is 6.10 Å². The van der Waals surface area contributed by atoms with Gasteiger partial charge in [0.2, 0.25) is 0 Å². The molecule has 1 heterocycles. The lowest BCUT2D eigenvalue weighted by Crippen LogP contribution is -2.38. The molecule has 0 amide bonds. The van der Waals surface area contributed by atoms with E-state index in [0.717, 1.165) is 6.92 Å². The zero-order valence-corrected chi connectivity index (χ0v) is 9.63. The lowest BCUT2D eigenvalue weighted by atomic mass is 10.3. The number of halogens is 3. The Morgan fingerprint density at radius 3 is 2.53 bits per heavy atom. The minimum absolute atomic E-state index is 0.0274. The van der Waals surface area contributed by atoms with Crippen LogP contribution in [0, 0.1) is 0 Å². The molecule has 0 bridgehead atoms. The standard InChI is InChI=1S/C10H16F3NO3/c1-8(10(11,12)13)17-9(15)2-3-14-4-6-16-7-5-14/h8H,2-7H2,1H3. The molecule has 0 spiro atoms. The molecule has 0 saturated carbocycles. The Hall–Kier alpha value is -0.820. The molecule has 4 nitrogen and oxygen atoms in total. The molecule has 1 unspecified atom stereocenters. The predicted molar refractivity (Wildman–Crippen MR) is 53.5 cm³/mol. The quantitative estimate of drug-likeness (QED) is 0.708. The molecule has 0 radical (unpaired) electrons. The Bertz CT molecular complexity index is 252. The number of hydrogen-bond acceptors (Lipinski definition) is 4. The van der Waals surface area contributed by atoms with Gasteiger partial charge in [-0.25, -0.2) is 0 Å². The molecule has 0 aromatic rings. The van der Waals surface area contributed by atoms with Gasteiger partial charge in [-0.1, -0.05) is 0 Å². The van der Waals surface area contributed by atoms with Crippen LogP contribution in [-0.2, 0) is 14.3 Å². The maximum absolute atomic E-state index is 12.1. The third kappa shape index (κ3) is 5.36. The number of rotatable bonds is 4. The van der Waals surface area contributed by atoms with E-state index in [0.29, 0.717) is 32.8 Å². The summed E-state index contributed by atoms with van der Waals surface area (Å²) in [5.41, 5.74) is 0. The summed E-state index contributed by atoms with van der Waals surface area (Å²) in [6.07, 6.45) is -6.56. The molecule has 0 N–H and O–H groups in total. The van der Waals surface area contributed by atoms with Gasteiger partial charge in [-0.15, -0.1) is 0 Å². The van der Waals surface area contributed by atoms with Gasteiger partial charge in [-0.3, -0.25) is 9.69 Å². The van der Waals surface area contributed by atoms with E-state index in [1.807, 2.05) is 4.90 Å². The summed E-state index contributed by atoms with van der Waals surface area (Å²) in [6, 6.07) is 0. The molecule has 7 heteroatoms. The van der Waals surface area contributed by atoms with Gasteiger partial charge in [0.05, 0.1) is 19.6 Å². The second-order valence-corrected chi connectivity index (χ2v) is 3.88. The van der Waals surface area contributed by atoms with Crippen molar-refractivity contribution in [3.8, 4) is 0 Å². The highest BCUT2D eigenvalue weighted by Crippen LogP contribution is 2.22. The number of carbonyl (C=O) groups is 1. The van der Waals surface area contributed by atoms with Gasteiger partial charge in [0.1, 0.15) is 0 Å². The summed E-state index contributed by atoms with van der Waals surface area (Å²) >= 11 is 0. The number of esters is 1. The number of carbonyl (C=O) groups excluding carboxylic acids is 1. The molecule has 17 heavy (non-hydrogen) atoms. The molecule has 1 fully saturated rings. The highest BCUT2D eigenvalue weighted by atomic mass is 19.4. The number of ether oxygens (including phenoxy) is 2. The molecule has 0 aliphatic carbocycles. The van der Waals surface area contributed by atoms with Gasteiger partial charge in [-0.05, 0) is 6.92 Å². The second kappa shape index (κ2) is 6.20. The van der Waals surface area contributed by atoms with Crippen LogP contribution in [0.1, 0.15) is 13.3 Å². The van der Waals surface area contributed by atoms with Gasteiger partial charge >= 0.3 is 12.1 Å². The average molecular weight is 255 g/mol. The third-order valence-corrected chi connectivity index (χ3v) is 2.51. The van der Waals surface area contributed by atoms with Crippen molar-refractivity contribution < 1.29 is 27.4 Å². The van der Waals surface area contributed by atoms with Crippen molar-refractivity contribution in [2.24, 2.45) is 0 Å². The Kier molecular flexibility index (Phi) is 5.20. The summed E-state index contributed by atoms with van der Waals surface area (Å²) < 4.78 is 45.7. The fourth-order valence-electron chi connectivity index (χ4n) is 1.40. The largest absolute Gasteiger partial charge is 0.453 e. The van der Waals surface area contributed by atoms with Crippen LogP contribution in [0.25, 0.3) is 0 Å². The van der Waals surface area contributed by atoms with Gasteiger partial charge in [-0.2, -0.15) is 13.2 Å². The second-order valence-electron chi connectivity index (χ2n) is 3.88. The van der Waals surface area contributed by atoms with E-state index < -0.39 is 18.2 Å². The van der Waals surface area contributed by atoms with Gasteiger partial charge in [0.25, 0.3) is 0 Å². The van der Waals surface area contributed by atoms with Crippen molar-refractivity contribution in [2.45, 2.75) is 25.6 Å². The first-order valence-electron chi connectivity index (χ1n) is 5.46. The number of morpholine rings is 1. The molecule has 1 saturated heterocycles. The summed E-state index contributed by atoms with van der Waals surface area (Å²) in [7, 11) is 0. The van der Waals surface area contributed by atoms with Crippen molar-refractivity contribution in [1.29, 1.82) is 0 Å². The maximum atomic E-state index is 12.1. The van der Waals surface area contributed by atoms with Crippen LogP contribution < -0.4 is 0 Å². The van der Waals surface area contributed by atoms with Crippen LogP contribution in [0.15, 0.2) is 0 Å².